The lowest BCUT2D eigenvalue weighted by Crippen LogP contribution is -2.31. The first-order valence-corrected chi connectivity index (χ1v) is 7.05. The molecule has 88 valence electrons. The molecular weight excluding hydrogens is 218 g/mol. The van der Waals surface area contributed by atoms with Crippen LogP contribution in [0.2, 0.25) is 0 Å². The van der Waals surface area contributed by atoms with Crippen LogP contribution in [0.1, 0.15) is 35.9 Å². The smallest absolute Gasteiger partial charge is 0.0959 e. The molecule has 2 heterocycles. The number of rotatable bonds is 4. The van der Waals surface area contributed by atoms with Crippen molar-refractivity contribution >= 4 is 11.3 Å². The van der Waals surface area contributed by atoms with Gasteiger partial charge in [0.25, 0.3) is 0 Å². The van der Waals surface area contributed by atoms with Gasteiger partial charge in [-0.1, -0.05) is 0 Å². The molecule has 16 heavy (non-hydrogen) atoms. The van der Waals surface area contributed by atoms with Crippen molar-refractivity contribution in [2.45, 2.75) is 37.8 Å². The lowest BCUT2D eigenvalue weighted by molar-refractivity contribution is 0.397. The van der Waals surface area contributed by atoms with Crippen molar-refractivity contribution in [1.29, 1.82) is 0 Å². The molecule has 1 unspecified atom stereocenters. The van der Waals surface area contributed by atoms with Crippen molar-refractivity contribution in [1.82, 2.24) is 15.2 Å². The predicted octanol–water partition coefficient (Wildman–Crippen LogP) is 1.81. The summed E-state index contributed by atoms with van der Waals surface area (Å²) in [6.45, 7) is 3.35. The Morgan fingerprint density at radius 3 is 3.06 bits per heavy atom. The van der Waals surface area contributed by atoms with Crippen molar-refractivity contribution in [3.63, 3.8) is 0 Å². The summed E-state index contributed by atoms with van der Waals surface area (Å²) in [5.74, 6) is 0.802. The van der Waals surface area contributed by atoms with Gasteiger partial charge in [0.1, 0.15) is 0 Å². The van der Waals surface area contributed by atoms with Crippen LogP contribution < -0.4 is 5.32 Å². The highest BCUT2D eigenvalue weighted by Gasteiger charge is 2.26. The molecule has 4 heteroatoms. The highest BCUT2D eigenvalue weighted by Crippen LogP contribution is 2.41. The number of nitrogens with zero attached hydrogens (tertiary/aromatic N) is 2. The highest BCUT2D eigenvalue weighted by molar-refractivity contribution is 7.09. The largest absolute Gasteiger partial charge is 0.307 e. The second-order valence-corrected chi connectivity index (χ2v) is 5.97. The molecule has 1 aliphatic heterocycles. The summed E-state index contributed by atoms with van der Waals surface area (Å²) < 4.78 is 0. The molecule has 0 bridgehead atoms. The van der Waals surface area contributed by atoms with E-state index in [0.717, 1.165) is 12.5 Å². The maximum Gasteiger partial charge on any atom is 0.0959 e. The van der Waals surface area contributed by atoms with Gasteiger partial charge in [0.2, 0.25) is 0 Å². The molecule has 3 rings (SSSR count). The lowest BCUT2D eigenvalue weighted by atomic mass is 10.2. The van der Waals surface area contributed by atoms with Crippen LogP contribution in [-0.4, -0.2) is 36.1 Å². The minimum Gasteiger partial charge on any atom is -0.307 e. The van der Waals surface area contributed by atoms with Gasteiger partial charge in [0.05, 0.1) is 10.7 Å². The van der Waals surface area contributed by atoms with Gasteiger partial charge in [0, 0.05) is 30.4 Å². The quantitative estimate of drug-likeness (QED) is 0.865. The van der Waals surface area contributed by atoms with Crippen LogP contribution in [0.5, 0.6) is 0 Å². The van der Waals surface area contributed by atoms with E-state index in [4.69, 9.17) is 4.98 Å². The molecule has 1 aliphatic carbocycles. The summed E-state index contributed by atoms with van der Waals surface area (Å²) >= 11 is 1.84. The first-order valence-electron chi connectivity index (χ1n) is 6.17. The number of thiazole rings is 1. The van der Waals surface area contributed by atoms with Crippen molar-refractivity contribution in [3.05, 3.63) is 16.1 Å². The van der Waals surface area contributed by atoms with Crippen LogP contribution in [0.15, 0.2) is 5.38 Å². The SMILES string of the molecule is CN1CCC(NCc2csc(C3CC3)n2)C1. The van der Waals surface area contributed by atoms with E-state index in [1.807, 2.05) is 11.3 Å². The zero-order chi connectivity index (χ0) is 11.0. The summed E-state index contributed by atoms with van der Waals surface area (Å²) in [5.41, 5.74) is 1.24. The molecule has 1 aromatic rings. The van der Waals surface area contributed by atoms with E-state index >= 15 is 0 Å². The number of likely N-dealkylation sites (tertiary alicyclic amines) is 1. The van der Waals surface area contributed by atoms with E-state index in [0.29, 0.717) is 6.04 Å². The molecule has 0 aromatic carbocycles. The summed E-state index contributed by atoms with van der Waals surface area (Å²) in [4.78, 5) is 7.08. The van der Waals surface area contributed by atoms with Crippen LogP contribution in [-0.2, 0) is 6.54 Å². The van der Waals surface area contributed by atoms with Gasteiger partial charge < -0.3 is 10.2 Å². The molecule has 1 atom stereocenters. The Hall–Kier alpha value is -0.450. The fourth-order valence-electron chi connectivity index (χ4n) is 2.27. The van der Waals surface area contributed by atoms with Gasteiger partial charge in [-0.3, -0.25) is 0 Å². The van der Waals surface area contributed by atoms with E-state index in [-0.39, 0.29) is 0 Å². The first kappa shape index (κ1) is 10.7. The van der Waals surface area contributed by atoms with Crippen molar-refractivity contribution < 1.29 is 0 Å². The average molecular weight is 237 g/mol. The Morgan fingerprint density at radius 1 is 1.50 bits per heavy atom. The fourth-order valence-corrected chi connectivity index (χ4v) is 3.26. The van der Waals surface area contributed by atoms with E-state index in [1.165, 1.54) is 43.1 Å². The van der Waals surface area contributed by atoms with Crippen LogP contribution in [0.4, 0.5) is 0 Å². The Kier molecular flexibility index (Phi) is 2.96. The maximum absolute atomic E-state index is 4.69. The zero-order valence-electron chi connectivity index (χ0n) is 9.78. The molecule has 0 spiro atoms. The second-order valence-electron chi connectivity index (χ2n) is 5.08. The first-order chi connectivity index (χ1) is 7.81. The molecule has 1 aromatic heterocycles. The van der Waals surface area contributed by atoms with E-state index in [2.05, 4.69) is 22.6 Å². The number of nitrogens with one attached hydrogen (secondary N) is 1. The van der Waals surface area contributed by atoms with Gasteiger partial charge in [-0.2, -0.15) is 0 Å². The van der Waals surface area contributed by atoms with E-state index < -0.39 is 0 Å². The number of likely N-dealkylation sites (N-methyl/N-ethyl adjacent to an activating group) is 1. The third-order valence-electron chi connectivity index (χ3n) is 3.46. The van der Waals surface area contributed by atoms with Crippen molar-refractivity contribution in [2.24, 2.45) is 0 Å². The Morgan fingerprint density at radius 2 is 2.38 bits per heavy atom. The van der Waals surface area contributed by atoms with E-state index in [9.17, 15) is 0 Å². The van der Waals surface area contributed by atoms with Crippen molar-refractivity contribution in [3.8, 4) is 0 Å². The fraction of sp³-hybridized carbons (Fsp3) is 0.750. The standard InChI is InChI=1S/C12H19N3S/c1-15-5-4-10(7-15)13-6-11-8-16-12(14-11)9-2-3-9/h8-10,13H,2-7H2,1H3. The Labute approximate surface area is 101 Å². The van der Waals surface area contributed by atoms with Crippen molar-refractivity contribution in [2.75, 3.05) is 20.1 Å². The Bertz CT molecular complexity index is 359. The van der Waals surface area contributed by atoms with Gasteiger partial charge in [-0.05, 0) is 32.9 Å². The molecule has 0 amide bonds. The van der Waals surface area contributed by atoms with Gasteiger partial charge in [0.15, 0.2) is 0 Å². The number of hydrogen-bond acceptors (Lipinski definition) is 4. The number of aromatic nitrogens is 1. The van der Waals surface area contributed by atoms with Crippen LogP contribution >= 0.6 is 11.3 Å². The topological polar surface area (TPSA) is 28.2 Å². The molecule has 2 aliphatic rings. The van der Waals surface area contributed by atoms with Gasteiger partial charge in [-0.25, -0.2) is 4.98 Å². The maximum atomic E-state index is 4.69. The normalized spacial score (nSPS) is 26.4. The predicted molar refractivity (Wildman–Crippen MR) is 66.8 cm³/mol. The monoisotopic (exact) mass is 237 g/mol. The Balaban J connectivity index is 1.50. The third-order valence-corrected chi connectivity index (χ3v) is 4.52. The minimum atomic E-state index is 0.663. The summed E-state index contributed by atoms with van der Waals surface area (Å²) in [7, 11) is 2.19. The van der Waals surface area contributed by atoms with Gasteiger partial charge in [-0.15, -0.1) is 11.3 Å². The summed E-state index contributed by atoms with van der Waals surface area (Å²) in [6, 6.07) is 0.663. The molecule has 1 saturated heterocycles. The molecule has 3 nitrogen and oxygen atoms in total. The highest BCUT2D eigenvalue weighted by atomic mass is 32.1. The number of hydrogen-bond donors (Lipinski definition) is 1. The van der Waals surface area contributed by atoms with E-state index in [1.54, 1.807) is 0 Å². The molecule has 1 saturated carbocycles. The third kappa shape index (κ3) is 2.44. The van der Waals surface area contributed by atoms with Crippen LogP contribution in [0.25, 0.3) is 0 Å². The molecule has 0 radical (unpaired) electrons. The van der Waals surface area contributed by atoms with Gasteiger partial charge >= 0.3 is 0 Å². The lowest BCUT2D eigenvalue weighted by Gasteiger charge is -2.11. The molecular formula is C12H19N3S. The average Bonchev–Trinajstić information content (AvgIpc) is 2.87. The van der Waals surface area contributed by atoms with Crippen LogP contribution in [0, 0.1) is 0 Å². The molecule has 2 fully saturated rings. The minimum absolute atomic E-state index is 0.663. The molecule has 1 N–H and O–H groups in total. The van der Waals surface area contributed by atoms with Crippen LogP contribution in [0.3, 0.4) is 0 Å². The second kappa shape index (κ2) is 4.43. The summed E-state index contributed by atoms with van der Waals surface area (Å²) in [6.07, 6.45) is 3.98. The summed E-state index contributed by atoms with van der Waals surface area (Å²) in [5, 5.41) is 7.19. The zero-order valence-corrected chi connectivity index (χ0v) is 10.6.